The summed E-state index contributed by atoms with van der Waals surface area (Å²) in [5, 5.41) is 3.29. The van der Waals surface area contributed by atoms with Crippen LogP contribution in [0.3, 0.4) is 0 Å². The van der Waals surface area contributed by atoms with E-state index in [2.05, 4.69) is 29.1 Å². The van der Waals surface area contributed by atoms with E-state index in [0.29, 0.717) is 0 Å². The Bertz CT molecular complexity index is 257. The van der Waals surface area contributed by atoms with Gasteiger partial charge >= 0.3 is 0 Å². The van der Waals surface area contributed by atoms with Crippen molar-refractivity contribution in [3.8, 4) is 0 Å². The minimum absolute atomic E-state index is 0.288. The molecule has 1 rings (SSSR count). The summed E-state index contributed by atoms with van der Waals surface area (Å²) in [6.07, 6.45) is 7.18. The fourth-order valence-electron chi connectivity index (χ4n) is 1.80. The lowest BCUT2D eigenvalue weighted by molar-refractivity contribution is 0.375. The molecular weight excluding hydrogens is 186 g/mol. The lowest BCUT2D eigenvalue weighted by Crippen LogP contribution is -2.21. The molecule has 0 saturated heterocycles. The molecule has 0 bridgehead atoms. The lowest BCUT2D eigenvalue weighted by atomic mass is 9.94. The first-order valence-corrected chi connectivity index (χ1v) is 5.75. The normalized spacial score (nSPS) is 13.1. The first-order valence-electron chi connectivity index (χ1n) is 5.75. The van der Waals surface area contributed by atoms with E-state index < -0.39 is 0 Å². The van der Waals surface area contributed by atoms with Gasteiger partial charge in [0.25, 0.3) is 0 Å². The minimum Gasteiger partial charge on any atom is -0.310 e. The molecule has 84 valence electrons. The molecule has 0 aliphatic rings. The highest BCUT2D eigenvalue weighted by Gasteiger charge is 2.16. The van der Waals surface area contributed by atoms with Crippen molar-refractivity contribution in [3.05, 3.63) is 24.3 Å². The summed E-state index contributed by atoms with van der Waals surface area (Å²) < 4.78 is 0. The largest absolute Gasteiger partial charge is 0.310 e. The highest BCUT2D eigenvalue weighted by molar-refractivity contribution is 4.95. The van der Waals surface area contributed by atoms with Crippen LogP contribution >= 0.6 is 0 Å². The standard InChI is InChI=1S/C12H21N3/c1-4-10(5-2)9-11(13-3)12-14-7-6-8-15-12/h6-8,10-11,13H,4-5,9H2,1-3H3. The Hall–Kier alpha value is -0.960. The van der Waals surface area contributed by atoms with Gasteiger partial charge in [-0.05, 0) is 25.5 Å². The number of aromatic nitrogens is 2. The highest BCUT2D eigenvalue weighted by atomic mass is 15.0. The van der Waals surface area contributed by atoms with Crippen molar-refractivity contribution in [1.29, 1.82) is 0 Å². The average molecular weight is 207 g/mol. The van der Waals surface area contributed by atoms with Crippen LogP contribution in [0, 0.1) is 5.92 Å². The Balaban J connectivity index is 2.64. The van der Waals surface area contributed by atoms with Gasteiger partial charge in [-0.15, -0.1) is 0 Å². The van der Waals surface area contributed by atoms with Crippen molar-refractivity contribution in [1.82, 2.24) is 15.3 Å². The number of hydrogen-bond donors (Lipinski definition) is 1. The van der Waals surface area contributed by atoms with Crippen LogP contribution in [0.4, 0.5) is 0 Å². The van der Waals surface area contributed by atoms with Crippen LogP contribution in [-0.4, -0.2) is 17.0 Å². The predicted octanol–water partition coefficient (Wildman–Crippen LogP) is 2.56. The molecule has 1 aromatic heterocycles. The number of nitrogens with one attached hydrogen (secondary N) is 1. The first-order chi connectivity index (χ1) is 7.31. The van der Waals surface area contributed by atoms with Gasteiger partial charge in [0.2, 0.25) is 0 Å². The number of hydrogen-bond acceptors (Lipinski definition) is 3. The third-order valence-corrected chi connectivity index (χ3v) is 2.97. The van der Waals surface area contributed by atoms with Gasteiger partial charge in [0.1, 0.15) is 5.82 Å². The zero-order valence-electron chi connectivity index (χ0n) is 9.90. The van der Waals surface area contributed by atoms with Crippen molar-refractivity contribution in [2.24, 2.45) is 5.92 Å². The maximum absolute atomic E-state index is 4.30. The zero-order valence-corrected chi connectivity index (χ0v) is 9.90. The fraction of sp³-hybridized carbons (Fsp3) is 0.667. The molecule has 3 nitrogen and oxygen atoms in total. The summed E-state index contributed by atoms with van der Waals surface area (Å²) in [7, 11) is 1.98. The Kier molecular flexibility index (Phi) is 5.26. The van der Waals surface area contributed by atoms with Crippen LogP contribution in [0.5, 0.6) is 0 Å². The fourth-order valence-corrected chi connectivity index (χ4v) is 1.80. The van der Waals surface area contributed by atoms with E-state index in [1.54, 1.807) is 12.4 Å². The summed E-state index contributed by atoms with van der Waals surface area (Å²) in [4.78, 5) is 8.60. The van der Waals surface area contributed by atoms with E-state index in [1.807, 2.05) is 13.1 Å². The molecule has 15 heavy (non-hydrogen) atoms. The molecule has 0 radical (unpaired) electrons. The molecule has 1 heterocycles. The molecule has 0 amide bonds. The van der Waals surface area contributed by atoms with Gasteiger partial charge in [0.15, 0.2) is 0 Å². The monoisotopic (exact) mass is 207 g/mol. The topological polar surface area (TPSA) is 37.8 Å². The average Bonchev–Trinajstić information content (AvgIpc) is 2.32. The maximum Gasteiger partial charge on any atom is 0.145 e. The summed E-state index contributed by atoms with van der Waals surface area (Å²) in [6, 6.07) is 2.14. The van der Waals surface area contributed by atoms with E-state index in [4.69, 9.17) is 0 Å². The Morgan fingerprint density at radius 2 is 1.80 bits per heavy atom. The van der Waals surface area contributed by atoms with Crippen LogP contribution in [-0.2, 0) is 0 Å². The molecule has 0 saturated carbocycles. The molecular formula is C12H21N3. The Labute approximate surface area is 92.3 Å². The number of nitrogens with zero attached hydrogens (tertiary/aromatic N) is 2. The van der Waals surface area contributed by atoms with Crippen LogP contribution < -0.4 is 5.32 Å². The Morgan fingerprint density at radius 3 is 2.27 bits per heavy atom. The third kappa shape index (κ3) is 3.59. The summed E-state index contributed by atoms with van der Waals surface area (Å²) in [5.41, 5.74) is 0. The van der Waals surface area contributed by atoms with Crippen molar-refractivity contribution in [2.45, 2.75) is 39.2 Å². The van der Waals surface area contributed by atoms with Crippen molar-refractivity contribution < 1.29 is 0 Å². The second kappa shape index (κ2) is 6.51. The lowest BCUT2D eigenvalue weighted by Gasteiger charge is -2.20. The van der Waals surface area contributed by atoms with Gasteiger partial charge in [-0.3, -0.25) is 0 Å². The molecule has 0 spiro atoms. The van der Waals surface area contributed by atoms with Gasteiger partial charge in [0.05, 0.1) is 6.04 Å². The van der Waals surface area contributed by atoms with Crippen molar-refractivity contribution in [3.63, 3.8) is 0 Å². The third-order valence-electron chi connectivity index (χ3n) is 2.97. The van der Waals surface area contributed by atoms with E-state index >= 15 is 0 Å². The minimum atomic E-state index is 0.288. The first kappa shape index (κ1) is 12.1. The van der Waals surface area contributed by atoms with Gasteiger partial charge in [-0.25, -0.2) is 9.97 Å². The van der Waals surface area contributed by atoms with E-state index in [1.165, 1.54) is 12.8 Å². The predicted molar refractivity (Wildman–Crippen MR) is 62.5 cm³/mol. The van der Waals surface area contributed by atoms with Gasteiger partial charge in [0, 0.05) is 12.4 Å². The van der Waals surface area contributed by atoms with E-state index in [0.717, 1.165) is 18.2 Å². The molecule has 1 atom stereocenters. The summed E-state index contributed by atoms with van der Waals surface area (Å²) >= 11 is 0. The number of rotatable bonds is 6. The smallest absolute Gasteiger partial charge is 0.145 e. The Morgan fingerprint density at radius 1 is 1.20 bits per heavy atom. The van der Waals surface area contributed by atoms with Gasteiger partial charge in [-0.2, -0.15) is 0 Å². The highest BCUT2D eigenvalue weighted by Crippen LogP contribution is 2.22. The zero-order chi connectivity index (χ0) is 11.1. The SMILES string of the molecule is CCC(CC)CC(NC)c1ncccn1. The van der Waals surface area contributed by atoms with Crippen molar-refractivity contribution >= 4 is 0 Å². The van der Waals surface area contributed by atoms with Crippen LogP contribution in [0.25, 0.3) is 0 Å². The van der Waals surface area contributed by atoms with Crippen LogP contribution in [0.15, 0.2) is 18.5 Å². The van der Waals surface area contributed by atoms with E-state index in [9.17, 15) is 0 Å². The summed E-state index contributed by atoms with van der Waals surface area (Å²) in [6.45, 7) is 4.49. The second-order valence-corrected chi connectivity index (χ2v) is 3.87. The molecule has 0 aliphatic heterocycles. The van der Waals surface area contributed by atoms with E-state index in [-0.39, 0.29) is 6.04 Å². The van der Waals surface area contributed by atoms with Crippen LogP contribution in [0.1, 0.15) is 45.0 Å². The molecule has 1 aromatic rings. The maximum atomic E-state index is 4.30. The quantitative estimate of drug-likeness (QED) is 0.779. The summed E-state index contributed by atoms with van der Waals surface area (Å²) in [5.74, 6) is 1.66. The van der Waals surface area contributed by atoms with Gasteiger partial charge in [-0.1, -0.05) is 26.7 Å². The molecule has 0 aliphatic carbocycles. The molecule has 1 unspecified atom stereocenters. The van der Waals surface area contributed by atoms with Gasteiger partial charge < -0.3 is 5.32 Å². The molecule has 0 fully saturated rings. The molecule has 0 aromatic carbocycles. The second-order valence-electron chi connectivity index (χ2n) is 3.87. The van der Waals surface area contributed by atoms with Crippen LogP contribution in [0.2, 0.25) is 0 Å². The van der Waals surface area contributed by atoms with Crippen molar-refractivity contribution in [2.75, 3.05) is 7.05 Å². The molecule has 1 N–H and O–H groups in total. The molecule has 3 heteroatoms.